The van der Waals surface area contributed by atoms with E-state index in [1.54, 1.807) is 0 Å². The van der Waals surface area contributed by atoms with Gasteiger partial charge in [0.25, 0.3) is 0 Å². The Morgan fingerprint density at radius 1 is 1.56 bits per heavy atom. The van der Waals surface area contributed by atoms with Crippen molar-refractivity contribution in [1.29, 1.82) is 0 Å². The SMILES string of the molecule is C[C@@H]1[C@H]2NC(=O)N[C@H]2CN1CCCC(=O)O. The van der Waals surface area contributed by atoms with E-state index in [2.05, 4.69) is 22.5 Å². The summed E-state index contributed by atoms with van der Waals surface area (Å²) >= 11 is 0. The minimum absolute atomic E-state index is 0.0907. The molecule has 16 heavy (non-hydrogen) atoms. The molecule has 0 spiro atoms. The highest BCUT2D eigenvalue weighted by atomic mass is 16.4. The van der Waals surface area contributed by atoms with Gasteiger partial charge in [-0.2, -0.15) is 0 Å². The van der Waals surface area contributed by atoms with Crippen molar-refractivity contribution >= 4 is 12.0 Å². The number of amides is 2. The molecule has 2 fully saturated rings. The molecule has 2 saturated heterocycles. The molecule has 3 N–H and O–H groups in total. The topological polar surface area (TPSA) is 81.7 Å². The van der Waals surface area contributed by atoms with Crippen LogP contribution in [0.15, 0.2) is 0 Å². The van der Waals surface area contributed by atoms with Crippen LogP contribution in [-0.4, -0.2) is 53.2 Å². The monoisotopic (exact) mass is 227 g/mol. The Balaban J connectivity index is 1.81. The number of likely N-dealkylation sites (tertiary alicyclic amines) is 1. The first-order valence-corrected chi connectivity index (χ1v) is 5.61. The lowest BCUT2D eigenvalue weighted by atomic mass is 10.1. The Labute approximate surface area is 94.0 Å². The molecule has 0 aliphatic carbocycles. The van der Waals surface area contributed by atoms with Crippen LogP contribution in [0.5, 0.6) is 0 Å². The second-order valence-corrected chi connectivity index (χ2v) is 4.48. The zero-order valence-electron chi connectivity index (χ0n) is 9.27. The highest BCUT2D eigenvalue weighted by Crippen LogP contribution is 2.21. The van der Waals surface area contributed by atoms with Crippen molar-refractivity contribution in [3.8, 4) is 0 Å². The summed E-state index contributed by atoms with van der Waals surface area (Å²) in [5, 5.41) is 14.3. The van der Waals surface area contributed by atoms with Gasteiger partial charge in [-0.3, -0.25) is 9.69 Å². The summed E-state index contributed by atoms with van der Waals surface area (Å²) < 4.78 is 0. The fourth-order valence-electron chi connectivity index (χ4n) is 2.54. The summed E-state index contributed by atoms with van der Waals surface area (Å²) in [6.07, 6.45) is 0.866. The lowest BCUT2D eigenvalue weighted by molar-refractivity contribution is -0.137. The van der Waals surface area contributed by atoms with Crippen LogP contribution >= 0.6 is 0 Å². The molecule has 2 rings (SSSR count). The number of carbonyl (C=O) groups is 2. The second-order valence-electron chi connectivity index (χ2n) is 4.48. The number of nitrogens with one attached hydrogen (secondary N) is 2. The number of hydrogen-bond donors (Lipinski definition) is 3. The van der Waals surface area contributed by atoms with Crippen molar-refractivity contribution < 1.29 is 14.7 Å². The van der Waals surface area contributed by atoms with Crippen molar-refractivity contribution in [3.63, 3.8) is 0 Å². The second kappa shape index (κ2) is 4.29. The number of nitrogens with zero attached hydrogens (tertiary/aromatic N) is 1. The van der Waals surface area contributed by atoms with E-state index < -0.39 is 5.97 Å². The molecule has 0 aromatic rings. The van der Waals surface area contributed by atoms with Gasteiger partial charge in [0.2, 0.25) is 0 Å². The lowest BCUT2D eigenvalue weighted by Gasteiger charge is -2.23. The Morgan fingerprint density at radius 3 is 2.94 bits per heavy atom. The van der Waals surface area contributed by atoms with Crippen LogP contribution in [0.25, 0.3) is 0 Å². The third kappa shape index (κ3) is 2.11. The molecule has 2 amide bonds. The molecular formula is C10H17N3O3. The molecule has 90 valence electrons. The quantitative estimate of drug-likeness (QED) is 0.610. The van der Waals surface area contributed by atoms with E-state index in [0.29, 0.717) is 6.42 Å². The first-order chi connectivity index (χ1) is 7.58. The van der Waals surface area contributed by atoms with Crippen LogP contribution in [0.3, 0.4) is 0 Å². The predicted octanol–water partition coefficient (Wildman–Crippen LogP) is -0.395. The van der Waals surface area contributed by atoms with Gasteiger partial charge in [-0.15, -0.1) is 0 Å². The first-order valence-electron chi connectivity index (χ1n) is 5.61. The van der Waals surface area contributed by atoms with Crippen molar-refractivity contribution in [2.24, 2.45) is 0 Å². The number of carbonyl (C=O) groups excluding carboxylic acids is 1. The number of fused-ring (bicyclic) bond motifs is 1. The fraction of sp³-hybridized carbons (Fsp3) is 0.800. The van der Waals surface area contributed by atoms with Crippen LogP contribution in [-0.2, 0) is 4.79 Å². The van der Waals surface area contributed by atoms with Gasteiger partial charge in [-0.05, 0) is 19.9 Å². The minimum Gasteiger partial charge on any atom is -0.481 e. The molecule has 3 atom stereocenters. The molecule has 0 radical (unpaired) electrons. The van der Waals surface area contributed by atoms with Crippen LogP contribution in [0, 0.1) is 0 Å². The largest absolute Gasteiger partial charge is 0.481 e. The van der Waals surface area contributed by atoms with Gasteiger partial charge in [0, 0.05) is 19.0 Å². The number of aliphatic carboxylic acids is 1. The summed E-state index contributed by atoms with van der Waals surface area (Å²) in [5.41, 5.74) is 0. The van der Waals surface area contributed by atoms with Gasteiger partial charge in [0.15, 0.2) is 0 Å². The van der Waals surface area contributed by atoms with Crippen molar-refractivity contribution in [3.05, 3.63) is 0 Å². The summed E-state index contributed by atoms with van der Waals surface area (Å²) in [6, 6.07) is 0.523. The highest BCUT2D eigenvalue weighted by molar-refractivity contribution is 5.77. The molecule has 0 saturated carbocycles. The normalized spacial score (nSPS) is 33.3. The number of rotatable bonds is 4. The van der Waals surface area contributed by atoms with Gasteiger partial charge in [0.05, 0.1) is 12.1 Å². The van der Waals surface area contributed by atoms with Crippen LogP contribution in [0.4, 0.5) is 4.79 Å². The summed E-state index contributed by atoms with van der Waals surface area (Å²) in [6.45, 7) is 3.65. The number of carboxylic acid groups (broad SMARTS) is 1. The van der Waals surface area contributed by atoms with Gasteiger partial charge in [-0.25, -0.2) is 4.79 Å². The Kier molecular flexibility index (Phi) is 3.00. The molecule has 0 unspecified atom stereocenters. The average Bonchev–Trinajstić information content (AvgIpc) is 2.67. The lowest BCUT2D eigenvalue weighted by Crippen LogP contribution is -2.41. The molecule has 0 bridgehead atoms. The third-order valence-corrected chi connectivity index (χ3v) is 3.41. The molecule has 2 aliphatic heterocycles. The Morgan fingerprint density at radius 2 is 2.31 bits per heavy atom. The maximum atomic E-state index is 11.1. The predicted molar refractivity (Wildman–Crippen MR) is 57.1 cm³/mol. The zero-order chi connectivity index (χ0) is 11.7. The number of urea groups is 1. The Hall–Kier alpha value is -1.30. The van der Waals surface area contributed by atoms with E-state index in [9.17, 15) is 9.59 Å². The zero-order valence-corrected chi connectivity index (χ0v) is 9.27. The van der Waals surface area contributed by atoms with Gasteiger partial charge < -0.3 is 15.7 Å². The molecule has 0 aromatic heterocycles. The van der Waals surface area contributed by atoms with Crippen molar-refractivity contribution in [1.82, 2.24) is 15.5 Å². The fourth-order valence-corrected chi connectivity index (χ4v) is 2.54. The van der Waals surface area contributed by atoms with E-state index in [-0.39, 0.29) is 30.6 Å². The van der Waals surface area contributed by atoms with Crippen LogP contribution in [0.1, 0.15) is 19.8 Å². The highest BCUT2D eigenvalue weighted by Gasteiger charge is 2.44. The van der Waals surface area contributed by atoms with Gasteiger partial charge in [-0.1, -0.05) is 0 Å². The summed E-state index contributed by atoms with van der Waals surface area (Å²) in [5.74, 6) is -0.751. The van der Waals surface area contributed by atoms with Crippen molar-refractivity contribution in [2.75, 3.05) is 13.1 Å². The standard InChI is InChI=1S/C10H17N3O3/c1-6-9-7(11-10(16)12-9)5-13(6)4-2-3-8(14)15/h6-7,9H,2-5H2,1H3,(H,14,15)(H2,11,12,16)/t6-,7+,9-/m1/s1. The molecular weight excluding hydrogens is 210 g/mol. The number of carboxylic acids is 1. The number of hydrogen-bond acceptors (Lipinski definition) is 3. The smallest absolute Gasteiger partial charge is 0.315 e. The van der Waals surface area contributed by atoms with Crippen LogP contribution in [0.2, 0.25) is 0 Å². The first kappa shape index (κ1) is 11.2. The molecule has 6 nitrogen and oxygen atoms in total. The van der Waals surface area contributed by atoms with E-state index in [1.807, 2.05) is 0 Å². The van der Waals surface area contributed by atoms with E-state index in [4.69, 9.17) is 5.11 Å². The Bertz CT molecular complexity index is 308. The van der Waals surface area contributed by atoms with Crippen molar-refractivity contribution in [2.45, 2.75) is 37.9 Å². The van der Waals surface area contributed by atoms with Gasteiger partial charge in [0.1, 0.15) is 0 Å². The molecule has 6 heteroatoms. The van der Waals surface area contributed by atoms with Crippen LogP contribution < -0.4 is 10.6 Å². The minimum atomic E-state index is -0.751. The maximum absolute atomic E-state index is 11.1. The average molecular weight is 227 g/mol. The van der Waals surface area contributed by atoms with Gasteiger partial charge >= 0.3 is 12.0 Å². The van der Waals surface area contributed by atoms with E-state index in [1.165, 1.54) is 0 Å². The van der Waals surface area contributed by atoms with E-state index >= 15 is 0 Å². The van der Waals surface area contributed by atoms with E-state index in [0.717, 1.165) is 13.1 Å². The third-order valence-electron chi connectivity index (χ3n) is 3.41. The maximum Gasteiger partial charge on any atom is 0.315 e. The molecule has 2 heterocycles. The summed E-state index contributed by atoms with van der Waals surface area (Å²) in [7, 11) is 0. The molecule has 2 aliphatic rings. The summed E-state index contributed by atoms with van der Waals surface area (Å²) in [4.78, 5) is 23.7. The molecule has 0 aromatic carbocycles.